The number of carboxylic acids is 1. The lowest BCUT2D eigenvalue weighted by atomic mass is 10.1. The number of ether oxygens (including phenoxy) is 1. The van der Waals surface area contributed by atoms with Crippen LogP contribution in [0.3, 0.4) is 0 Å². The second kappa shape index (κ2) is 6.65. The summed E-state index contributed by atoms with van der Waals surface area (Å²) in [5, 5.41) is 8.57. The van der Waals surface area contributed by atoms with Gasteiger partial charge in [0.05, 0.1) is 5.37 Å². The highest BCUT2D eigenvalue weighted by atomic mass is 32.2. The average molecular weight is 318 g/mol. The lowest BCUT2D eigenvalue weighted by molar-refractivity contribution is -0.140. The summed E-state index contributed by atoms with van der Waals surface area (Å²) in [7, 11) is 0. The molecule has 120 valence electrons. The largest absolute Gasteiger partial charge is 0.480 e. The predicted octanol–water partition coefficient (Wildman–Crippen LogP) is 1.06. The van der Waals surface area contributed by atoms with Crippen LogP contribution >= 0.6 is 11.8 Å². The second-order valence-corrected chi connectivity index (χ2v) is 7.30. The minimum Gasteiger partial charge on any atom is -0.480 e. The highest BCUT2D eigenvalue weighted by Crippen LogP contribution is 2.31. The van der Waals surface area contributed by atoms with Gasteiger partial charge in [0.15, 0.2) is 5.78 Å². The van der Waals surface area contributed by atoms with Crippen molar-refractivity contribution < 1.29 is 24.2 Å². The summed E-state index contributed by atoms with van der Waals surface area (Å²) in [4.78, 5) is 36.5. The number of nitrogens with two attached hydrogens (primary N) is 1. The van der Waals surface area contributed by atoms with Crippen molar-refractivity contribution in [1.29, 1.82) is 0 Å². The number of amides is 1. The van der Waals surface area contributed by atoms with E-state index >= 15 is 0 Å². The summed E-state index contributed by atoms with van der Waals surface area (Å²) in [6, 6.07) is -1.94. The van der Waals surface area contributed by atoms with Crippen LogP contribution in [0.2, 0.25) is 0 Å². The molecule has 1 fully saturated rings. The van der Waals surface area contributed by atoms with Gasteiger partial charge in [-0.05, 0) is 27.7 Å². The van der Waals surface area contributed by atoms with E-state index in [0.717, 1.165) is 0 Å². The standard InChI is InChI=1S/C13H22N2O5S/c1-7-15(12(19)20-13(2,3)4)9(6-21-7)10(16)5-8(14)11(17)18/h7-9H,5-6,14H2,1-4H3,(H,17,18)/t7?,8-,9?/m0/s1. The normalized spacial score (nSPS) is 23.8. The van der Waals surface area contributed by atoms with E-state index in [4.69, 9.17) is 15.6 Å². The number of rotatable bonds is 4. The molecule has 0 spiro atoms. The predicted molar refractivity (Wildman–Crippen MR) is 79.0 cm³/mol. The van der Waals surface area contributed by atoms with Gasteiger partial charge in [-0.2, -0.15) is 0 Å². The monoisotopic (exact) mass is 318 g/mol. The van der Waals surface area contributed by atoms with Crippen molar-refractivity contribution in [1.82, 2.24) is 4.90 Å². The summed E-state index contributed by atoms with van der Waals surface area (Å²) in [6.07, 6.45) is -0.866. The van der Waals surface area contributed by atoms with Gasteiger partial charge in [-0.3, -0.25) is 14.5 Å². The number of hydrogen-bond acceptors (Lipinski definition) is 6. The molecule has 1 heterocycles. The molecule has 0 bridgehead atoms. The van der Waals surface area contributed by atoms with E-state index in [-0.39, 0.29) is 17.6 Å². The molecular formula is C13H22N2O5S. The van der Waals surface area contributed by atoms with Gasteiger partial charge in [0.1, 0.15) is 17.7 Å². The average Bonchev–Trinajstić information content (AvgIpc) is 2.68. The highest BCUT2D eigenvalue weighted by molar-refractivity contribution is 8.00. The van der Waals surface area contributed by atoms with Crippen LogP contribution in [-0.4, -0.2) is 56.7 Å². The molecule has 1 amide bonds. The van der Waals surface area contributed by atoms with Gasteiger partial charge in [0, 0.05) is 12.2 Å². The van der Waals surface area contributed by atoms with Crippen molar-refractivity contribution >= 4 is 29.6 Å². The van der Waals surface area contributed by atoms with Crippen molar-refractivity contribution in [2.75, 3.05) is 5.75 Å². The summed E-state index contributed by atoms with van der Waals surface area (Å²) in [6.45, 7) is 7.04. The van der Waals surface area contributed by atoms with Gasteiger partial charge >= 0.3 is 12.1 Å². The molecule has 0 aromatic carbocycles. The molecule has 3 N–H and O–H groups in total. The van der Waals surface area contributed by atoms with E-state index in [0.29, 0.717) is 5.75 Å². The Morgan fingerprint density at radius 1 is 1.43 bits per heavy atom. The maximum absolute atomic E-state index is 12.2. The Bertz CT molecular complexity index is 435. The van der Waals surface area contributed by atoms with Crippen LogP contribution in [0.15, 0.2) is 0 Å². The van der Waals surface area contributed by atoms with Gasteiger partial charge in [-0.1, -0.05) is 0 Å². The maximum Gasteiger partial charge on any atom is 0.411 e. The van der Waals surface area contributed by atoms with Crippen LogP contribution in [0.5, 0.6) is 0 Å². The Balaban J connectivity index is 2.79. The summed E-state index contributed by atoms with van der Waals surface area (Å²) in [5.41, 5.74) is 4.72. The summed E-state index contributed by atoms with van der Waals surface area (Å²) in [5.74, 6) is -1.16. The van der Waals surface area contributed by atoms with Crippen LogP contribution in [0.1, 0.15) is 34.1 Å². The Morgan fingerprint density at radius 2 is 2.00 bits per heavy atom. The van der Waals surface area contributed by atoms with Crippen molar-refractivity contribution in [3.63, 3.8) is 0 Å². The molecule has 0 aromatic heterocycles. The first-order chi connectivity index (χ1) is 9.53. The second-order valence-electron chi connectivity index (χ2n) is 5.95. The number of thioether (sulfide) groups is 1. The van der Waals surface area contributed by atoms with Gasteiger partial charge in [0.25, 0.3) is 0 Å². The quantitative estimate of drug-likeness (QED) is 0.797. The Morgan fingerprint density at radius 3 is 2.48 bits per heavy atom. The lowest BCUT2D eigenvalue weighted by Gasteiger charge is -2.30. The van der Waals surface area contributed by atoms with Crippen LogP contribution in [0.4, 0.5) is 4.79 Å². The minimum absolute atomic E-state index is 0.199. The van der Waals surface area contributed by atoms with Crippen LogP contribution in [-0.2, 0) is 14.3 Å². The molecule has 1 aliphatic rings. The smallest absolute Gasteiger partial charge is 0.411 e. The molecule has 1 saturated heterocycles. The number of ketones is 1. The first kappa shape index (κ1) is 17.8. The fourth-order valence-corrected chi connectivity index (χ4v) is 3.12. The Labute approximate surface area is 128 Å². The number of carbonyl (C=O) groups is 3. The van der Waals surface area contributed by atoms with E-state index < -0.39 is 29.7 Å². The van der Waals surface area contributed by atoms with E-state index in [1.165, 1.54) is 16.7 Å². The molecule has 1 rings (SSSR count). The number of carboxylic acid groups (broad SMARTS) is 1. The van der Waals surface area contributed by atoms with Gasteiger partial charge in [-0.25, -0.2) is 4.79 Å². The third kappa shape index (κ3) is 4.89. The van der Waals surface area contributed by atoms with E-state index in [2.05, 4.69) is 0 Å². The number of hydrogen-bond donors (Lipinski definition) is 2. The Hall–Kier alpha value is -1.28. The van der Waals surface area contributed by atoms with Gasteiger partial charge in [0.2, 0.25) is 0 Å². The third-order valence-electron chi connectivity index (χ3n) is 2.94. The van der Waals surface area contributed by atoms with Crippen molar-refractivity contribution in [3.8, 4) is 0 Å². The molecule has 3 atom stereocenters. The van der Waals surface area contributed by atoms with Crippen molar-refractivity contribution in [2.45, 2.75) is 57.2 Å². The molecule has 1 aliphatic heterocycles. The van der Waals surface area contributed by atoms with Crippen LogP contribution in [0.25, 0.3) is 0 Å². The molecule has 0 aliphatic carbocycles. The van der Waals surface area contributed by atoms with Crippen molar-refractivity contribution in [3.05, 3.63) is 0 Å². The fourth-order valence-electron chi connectivity index (χ4n) is 1.92. The van der Waals surface area contributed by atoms with E-state index in [1.54, 1.807) is 27.7 Å². The number of nitrogens with zero attached hydrogens (tertiary/aromatic N) is 1. The molecule has 7 nitrogen and oxygen atoms in total. The number of aliphatic carboxylic acids is 1. The zero-order valence-corrected chi connectivity index (χ0v) is 13.5. The zero-order valence-electron chi connectivity index (χ0n) is 12.7. The molecule has 8 heteroatoms. The molecule has 0 aromatic rings. The summed E-state index contributed by atoms with van der Waals surface area (Å²) >= 11 is 1.45. The minimum atomic E-state index is -1.25. The number of Topliss-reactive ketones (excluding diaryl/α,β-unsaturated/α-hetero) is 1. The van der Waals surface area contributed by atoms with E-state index in [1.807, 2.05) is 0 Å². The molecule has 21 heavy (non-hydrogen) atoms. The number of carbonyl (C=O) groups excluding carboxylic acids is 2. The SMILES string of the molecule is CC1SCC(C(=O)C[C@H](N)C(=O)O)N1C(=O)OC(C)(C)C. The summed E-state index contributed by atoms with van der Waals surface area (Å²) < 4.78 is 5.30. The van der Waals surface area contributed by atoms with Gasteiger partial charge < -0.3 is 15.6 Å². The topological polar surface area (TPSA) is 110 Å². The fraction of sp³-hybridized carbons (Fsp3) is 0.769. The maximum atomic E-state index is 12.2. The van der Waals surface area contributed by atoms with Crippen LogP contribution in [0, 0.1) is 0 Å². The van der Waals surface area contributed by atoms with Crippen molar-refractivity contribution in [2.24, 2.45) is 5.73 Å². The molecule has 0 radical (unpaired) electrons. The molecular weight excluding hydrogens is 296 g/mol. The van der Waals surface area contributed by atoms with Gasteiger partial charge in [-0.15, -0.1) is 11.8 Å². The Kier molecular flexibility index (Phi) is 5.63. The van der Waals surface area contributed by atoms with E-state index in [9.17, 15) is 14.4 Å². The first-order valence-corrected chi connectivity index (χ1v) is 7.72. The first-order valence-electron chi connectivity index (χ1n) is 6.67. The third-order valence-corrected chi connectivity index (χ3v) is 4.15. The lowest BCUT2D eigenvalue weighted by Crippen LogP contribution is -2.48. The zero-order chi connectivity index (χ0) is 16.4. The molecule has 0 saturated carbocycles. The highest BCUT2D eigenvalue weighted by Gasteiger charge is 2.41. The molecule has 2 unspecified atom stereocenters. The van der Waals surface area contributed by atoms with Crippen LogP contribution < -0.4 is 5.73 Å².